The molecule has 176 valence electrons. The Morgan fingerprint density at radius 1 is 1.19 bits per heavy atom. The molecule has 1 fully saturated rings. The molecule has 0 spiro atoms. The number of likely N-dealkylation sites (N-methyl/N-ethyl adjacent to an activating group) is 1. The van der Waals surface area contributed by atoms with Crippen LogP contribution in [0.2, 0.25) is 0 Å². The molecule has 32 heavy (non-hydrogen) atoms. The van der Waals surface area contributed by atoms with Gasteiger partial charge in [-0.2, -0.15) is 0 Å². The number of nitrogens with zero attached hydrogens (tertiary/aromatic N) is 2. The summed E-state index contributed by atoms with van der Waals surface area (Å²) in [4.78, 5) is 6.72. The van der Waals surface area contributed by atoms with E-state index in [-0.39, 0.29) is 6.61 Å². The number of aliphatic hydroxyl groups excluding tert-OH is 1. The first kappa shape index (κ1) is 24.5. The van der Waals surface area contributed by atoms with Gasteiger partial charge in [0.1, 0.15) is 12.7 Å². The van der Waals surface area contributed by atoms with E-state index in [9.17, 15) is 5.11 Å². The molecule has 1 unspecified atom stereocenters. The summed E-state index contributed by atoms with van der Waals surface area (Å²) < 4.78 is 11.4. The summed E-state index contributed by atoms with van der Waals surface area (Å²) in [5.74, 6) is 1.36. The number of aromatic nitrogens is 1. The highest BCUT2D eigenvalue weighted by Crippen LogP contribution is 2.28. The Labute approximate surface area is 193 Å². The molecular weight excluding hydrogens is 402 g/mol. The molecule has 0 aliphatic heterocycles. The average molecular weight is 442 g/mol. The Balaban J connectivity index is 1.43. The number of aliphatic hydroxyl groups is 1. The first-order chi connectivity index (χ1) is 15.6. The highest BCUT2D eigenvalue weighted by Gasteiger charge is 2.20. The lowest BCUT2D eigenvalue weighted by Gasteiger charge is -2.32. The van der Waals surface area contributed by atoms with Crippen molar-refractivity contribution in [3.63, 3.8) is 0 Å². The van der Waals surface area contributed by atoms with Crippen LogP contribution < -0.4 is 14.8 Å². The third kappa shape index (κ3) is 7.47. The van der Waals surface area contributed by atoms with E-state index in [0.29, 0.717) is 24.1 Å². The number of benzene rings is 1. The van der Waals surface area contributed by atoms with Crippen LogP contribution in [0.1, 0.15) is 48.9 Å². The summed E-state index contributed by atoms with van der Waals surface area (Å²) in [5, 5.41) is 13.9. The minimum atomic E-state index is -0.525. The van der Waals surface area contributed by atoms with Gasteiger partial charge in [0.2, 0.25) is 0 Å². The summed E-state index contributed by atoms with van der Waals surface area (Å²) >= 11 is 0. The van der Waals surface area contributed by atoms with Gasteiger partial charge >= 0.3 is 0 Å². The van der Waals surface area contributed by atoms with Crippen molar-refractivity contribution < 1.29 is 14.6 Å². The molecule has 6 heteroatoms. The van der Waals surface area contributed by atoms with E-state index >= 15 is 0 Å². The molecule has 1 saturated carbocycles. The second-order valence-corrected chi connectivity index (χ2v) is 8.88. The Hall–Kier alpha value is -2.15. The van der Waals surface area contributed by atoms with Gasteiger partial charge in [-0.05, 0) is 56.1 Å². The van der Waals surface area contributed by atoms with Crippen molar-refractivity contribution in [2.24, 2.45) is 0 Å². The molecule has 0 radical (unpaired) electrons. The van der Waals surface area contributed by atoms with Gasteiger partial charge in [-0.3, -0.25) is 4.98 Å². The largest absolute Gasteiger partial charge is 0.493 e. The zero-order valence-electron chi connectivity index (χ0n) is 19.8. The van der Waals surface area contributed by atoms with E-state index in [1.54, 1.807) is 7.11 Å². The average Bonchev–Trinajstić information content (AvgIpc) is 2.82. The van der Waals surface area contributed by atoms with Gasteiger partial charge in [0.15, 0.2) is 11.5 Å². The summed E-state index contributed by atoms with van der Waals surface area (Å²) in [7, 11) is 3.76. The predicted octanol–water partition coefficient (Wildman–Crippen LogP) is 3.74. The van der Waals surface area contributed by atoms with E-state index in [1.807, 2.05) is 30.5 Å². The Morgan fingerprint density at radius 3 is 2.75 bits per heavy atom. The van der Waals surface area contributed by atoms with Crippen LogP contribution in [0.4, 0.5) is 0 Å². The molecule has 1 aliphatic carbocycles. The van der Waals surface area contributed by atoms with Crippen LogP contribution >= 0.6 is 0 Å². The van der Waals surface area contributed by atoms with Crippen LogP contribution in [0.3, 0.4) is 0 Å². The highest BCUT2D eigenvalue weighted by atomic mass is 16.5. The number of nitrogens with one attached hydrogen (secondary N) is 1. The van der Waals surface area contributed by atoms with Crippen molar-refractivity contribution in [2.75, 3.05) is 33.9 Å². The van der Waals surface area contributed by atoms with Crippen molar-refractivity contribution in [2.45, 2.75) is 64.1 Å². The third-order valence-corrected chi connectivity index (χ3v) is 6.34. The first-order valence-corrected chi connectivity index (χ1v) is 11.9. The highest BCUT2D eigenvalue weighted by molar-refractivity contribution is 5.43. The molecule has 1 aliphatic rings. The predicted molar refractivity (Wildman–Crippen MR) is 128 cm³/mol. The number of pyridine rings is 1. The Bertz CT molecular complexity index is 824. The van der Waals surface area contributed by atoms with Crippen LogP contribution in [-0.2, 0) is 13.0 Å². The quantitative estimate of drug-likeness (QED) is 0.489. The molecule has 6 nitrogen and oxygen atoms in total. The lowest BCUT2D eigenvalue weighted by Crippen LogP contribution is -2.40. The molecule has 1 heterocycles. The molecule has 2 N–H and O–H groups in total. The number of methoxy groups -OCH3 is 1. The molecular formula is C26H39N3O3. The number of hydrogen-bond donors (Lipinski definition) is 2. The molecule has 1 aromatic heterocycles. The zero-order valence-corrected chi connectivity index (χ0v) is 19.8. The minimum absolute atomic E-state index is 0.258. The van der Waals surface area contributed by atoms with Gasteiger partial charge in [0, 0.05) is 44.0 Å². The van der Waals surface area contributed by atoms with Gasteiger partial charge in [-0.15, -0.1) is 0 Å². The number of aryl methyl sites for hydroxylation is 1. The fraction of sp³-hybridized carbons (Fsp3) is 0.577. The van der Waals surface area contributed by atoms with Gasteiger partial charge in [-0.1, -0.05) is 31.4 Å². The van der Waals surface area contributed by atoms with Gasteiger partial charge < -0.3 is 24.8 Å². The zero-order chi connectivity index (χ0) is 22.8. The molecule has 2 aromatic rings. The Morgan fingerprint density at radius 2 is 2.00 bits per heavy atom. The van der Waals surface area contributed by atoms with Crippen LogP contribution in [0.25, 0.3) is 0 Å². The summed E-state index contributed by atoms with van der Waals surface area (Å²) in [6, 6.07) is 10.6. The van der Waals surface area contributed by atoms with E-state index in [2.05, 4.69) is 35.2 Å². The Kier molecular flexibility index (Phi) is 9.78. The monoisotopic (exact) mass is 441 g/mol. The second-order valence-electron chi connectivity index (χ2n) is 8.88. The van der Waals surface area contributed by atoms with E-state index in [1.165, 1.54) is 37.7 Å². The maximum atomic E-state index is 10.5. The molecule has 0 saturated heterocycles. The van der Waals surface area contributed by atoms with E-state index in [4.69, 9.17) is 9.47 Å². The smallest absolute Gasteiger partial charge is 0.161 e. The normalized spacial score (nSPS) is 15.7. The van der Waals surface area contributed by atoms with E-state index < -0.39 is 6.10 Å². The summed E-state index contributed by atoms with van der Waals surface area (Å²) in [5.41, 5.74) is 3.49. The maximum Gasteiger partial charge on any atom is 0.161 e. The van der Waals surface area contributed by atoms with Crippen LogP contribution in [0.15, 0.2) is 36.5 Å². The van der Waals surface area contributed by atoms with Gasteiger partial charge in [0.25, 0.3) is 0 Å². The molecule has 3 rings (SSSR count). The maximum absolute atomic E-state index is 10.5. The van der Waals surface area contributed by atoms with Crippen molar-refractivity contribution in [3.8, 4) is 11.5 Å². The van der Waals surface area contributed by atoms with Crippen molar-refractivity contribution >= 4 is 0 Å². The SMILES string of the molecule is COc1cc(CNCCc2ncccc2C)ccc1OCC(O)CN(C)C1CCCCC1. The fourth-order valence-corrected chi connectivity index (χ4v) is 4.40. The first-order valence-electron chi connectivity index (χ1n) is 11.9. The number of rotatable bonds is 12. The number of hydrogen-bond acceptors (Lipinski definition) is 6. The second kappa shape index (κ2) is 12.8. The van der Waals surface area contributed by atoms with Crippen molar-refractivity contribution in [1.82, 2.24) is 15.2 Å². The van der Waals surface area contributed by atoms with E-state index in [0.717, 1.165) is 30.8 Å². The lowest BCUT2D eigenvalue weighted by atomic mass is 9.94. The van der Waals surface area contributed by atoms with Gasteiger partial charge in [-0.25, -0.2) is 0 Å². The summed E-state index contributed by atoms with van der Waals surface area (Å²) in [6.45, 7) is 4.59. The van der Waals surface area contributed by atoms with Crippen LogP contribution in [0, 0.1) is 6.92 Å². The molecule has 0 bridgehead atoms. The molecule has 0 amide bonds. The van der Waals surface area contributed by atoms with Gasteiger partial charge in [0.05, 0.1) is 7.11 Å². The van der Waals surface area contributed by atoms with Crippen molar-refractivity contribution in [3.05, 3.63) is 53.3 Å². The summed E-state index contributed by atoms with van der Waals surface area (Å²) in [6.07, 6.45) is 8.61. The van der Waals surface area contributed by atoms with Crippen LogP contribution in [0.5, 0.6) is 11.5 Å². The van der Waals surface area contributed by atoms with Crippen molar-refractivity contribution in [1.29, 1.82) is 0 Å². The standard InChI is InChI=1S/C26H39N3O3/c1-20-8-7-14-28-24(20)13-15-27-17-21-11-12-25(26(16-21)31-3)32-19-23(30)18-29(2)22-9-5-4-6-10-22/h7-8,11-12,14,16,22-23,27,30H,4-6,9-10,13,15,17-19H2,1-3H3. The van der Waals surface area contributed by atoms with Crippen LogP contribution in [-0.4, -0.2) is 61.0 Å². The molecule has 1 atom stereocenters. The topological polar surface area (TPSA) is 66.8 Å². The molecule has 1 aromatic carbocycles. The third-order valence-electron chi connectivity index (χ3n) is 6.34. The minimum Gasteiger partial charge on any atom is -0.493 e. The lowest BCUT2D eigenvalue weighted by molar-refractivity contribution is 0.0553. The fourth-order valence-electron chi connectivity index (χ4n) is 4.40. The number of ether oxygens (including phenoxy) is 2.